The number of aliphatic hydroxyl groups excluding tert-OH is 1. The maximum atomic E-state index is 12.6. The van der Waals surface area contributed by atoms with Crippen LogP contribution in [0.4, 0.5) is 13.2 Å². The van der Waals surface area contributed by atoms with Gasteiger partial charge in [-0.15, -0.1) is 12.4 Å². The van der Waals surface area contributed by atoms with Gasteiger partial charge in [0.05, 0.1) is 6.04 Å². The van der Waals surface area contributed by atoms with Gasteiger partial charge in [-0.05, 0) is 68.0 Å². The SMILES string of the molecule is Cc1c(C)c(C)c([C@H](N)[C@H](O)C(F)(F)F)c(C)c1C.Cl. The van der Waals surface area contributed by atoms with Gasteiger partial charge in [0, 0.05) is 0 Å². The van der Waals surface area contributed by atoms with Crippen molar-refractivity contribution in [3.8, 4) is 0 Å². The molecule has 6 heteroatoms. The van der Waals surface area contributed by atoms with Gasteiger partial charge in [-0.2, -0.15) is 13.2 Å². The summed E-state index contributed by atoms with van der Waals surface area (Å²) in [7, 11) is 0. The fourth-order valence-electron chi connectivity index (χ4n) is 2.39. The van der Waals surface area contributed by atoms with Crippen molar-refractivity contribution < 1.29 is 18.3 Å². The second-order valence-electron chi connectivity index (χ2n) is 5.05. The summed E-state index contributed by atoms with van der Waals surface area (Å²) in [5.74, 6) is 0. The number of alkyl halides is 3. The highest BCUT2D eigenvalue weighted by molar-refractivity contribution is 5.85. The van der Waals surface area contributed by atoms with Crippen molar-refractivity contribution in [1.29, 1.82) is 0 Å². The Morgan fingerprint density at radius 1 is 0.850 bits per heavy atom. The normalized spacial score (nSPS) is 14.7. The summed E-state index contributed by atoms with van der Waals surface area (Å²) in [5, 5.41) is 9.36. The van der Waals surface area contributed by atoms with Crippen LogP contribution in [0.3, 0.4) is 0 Å². The van der Waals surface area contributed by atoms with Crippen molar-refractivity contribution in [2.75, 3.05) is 0 Å². The maximum absolute atomic E-state index is 12.6. The lowest BCUT2D eigenvalue weighted by molar-refractivity contribution is -0.210. The molecule has 2 atom stereocenters. The monoisotopic (exact) mass is 311 g/mol. The first-order valence-electron chi connectivity index (χ1n) is 6.07. The molecule has 1 aromatic rings. The molecule has 0 bridgehead atoms. The number of benzene rings is 1. The van der Waals surface area contributed by atoms with Crippen molar-refractivity contribution in [2.45, 2.75) is 52.9 Å². The molecule has 1 aromatic carbocycles. The Balaban J connectivity index is 0.00000361. The van der Waals surface area contributed by atoms with E-state index in [-0.39, 0.29) is 12.4 Å². The highest BCUT2D eigenvalue weighted by Gasteiger charge is 2.43. The zero-order valence-electron chi connectivity index (χ0n) is 12.2. The lowest BCUT2D eigenvalue weighted by Gasteiger charge is -2.27. The minimum atomic E-state index is -4.72. The average molecular weight is 312 g/mol. The van der Waals surface area contributed by atoms with Crippen LogP contribution in [0.5, 0.6) is 0 Å². The Hall–Kier alpha value is -0.780. The highest BCUT2D eigenvalue weighted by Crippen LogP contribution is 2.35. The fraction of sp³-hybridized carbons (Fsp3) is 0.571. The molecular weight excluding hydrogens is 291 g/mol. The molecule has 3 N–H and O–H groups in total. The predicted molar refractivity (Wildman–Crippen MR) is 76.4 cm³/mol. The van der Waals surface area contributed by atoms with Gasteiger partial charge in [0.15, 0.2) is 6.10 Å². The lowest BCUT2D eigenvalue weighted by atomic mass is 9.85. The molecule has 0 heterocycles. The van der Waals surface area contributed by atoms with Gasteiger partial charge in [0.25, 0.3) is 0 Å². The smallest absolute Gasteiger partial charge is 0.382 e. The zero-order valence-corrected chi connectivity index (χ0v) is 13.0. The van der Waals surface area contributed by atoms with Crippen LogP contribution in [0.1, 0.15) is 39.4 Å². The second kappa shape index (κ2) is 6.33. The van der Waals surface area contributed by atoms with Gasteiger partial charge in [0.2, 0.25) is 0 Å². The molecule has 0 amide bonds. The number of hydrogen-bond acceptors (Lipinski definition) is 2. The third-order valence-electron chi connectivity index (χ3n) is 4.07. The Kier molecular flexibility index (Phi) is 6.08. The van der Waals surface area contributed by atoms with Crippen LogP contribution in [-0.2, 0) is 0 Å². The predicted octanol–water partition coefficient (Wildman–Crippen LogP) is 3.57. The number of rotatable bonds is 2. The Bertz CT molecular complexity index is 471. The van der Waals surface area contributed by atoms with E-state index in [4.69, 9.17) is 5.73 Å². The number of nitrogens with two attached hydrogens (primary N) is 1. The summed E-state index contributed by atoms with van der Waals surface area (Å²) in [6, 6.07) is -1.46. The molecular formula is C14H21ClF3NO. The van der Waals surface area contributed by atoms with Gasteiger partial charge in [0.1, 0.15) is 0 Å². The molecule has 0 radical (unpaired) electrons. The third kappa shape index (κ3) is 3.27. The molecule has 1 rings (SSSR count). The van der Waals surface area contributed by atoms with Crippen LogP contribution in [0.2, 0.25) is 0 Å². The van der Waals surface area contributed by atoms with E-state index in [9.17, 15) is 18.3 Å². The van der Waals surface area contributed by atoms with E-state index in [2.05, 4.69) is 0 Å². The third-order valence-corrected chi connectivity index (χ3v) is 4.07. The van der Waals surface area contributed by atoms with Crippen LogP contribution < -0.4 is 5.73 Å². The molecule has 116 valence electrons. The van der Waals surface area contributed by atoms with Gasteiger partial charge in [-0.1, -0.05) is 0 Å². The summed E-state index contributed by atoms with van der Waals surface area (Å²) >= 11 is 0. The molecule has 0 aliphatic rings. The molecule has 0 aliphatic carbocycles. The molecule has 0 saturated carbocycles. The molecule has 0 fully saturated rings. The molecule has 0 unspecified atom stereocenters. The lowest BCUT2D eigenvalue weighted by Crippen LogP contribution is -2.39. The summed E-state index contributed by atoms with van der Waals surface area (Å²) < 4.78 is 37.8. The standard InChI is InChI=1S/C14H20F3NO.ClH/c1-6-7(2)9(4)11(10(5)8(6)3)12(18)13(19)14(15,16)17;/h12-13,19H,18H2,1-5H3;1H/t12-,13-;/m0./s1. The van der Waals surface area contributed by atoms with Gasteiger partial charge >= 0.3 is 6.18 Å². The minimum absolute atomic E-state index is 0. The number of aliphatic hydroxyl groups is 1. The molecule has 20 heavy (non-hydrogen) atoms. The Labute approximate surface area is 123 Å². The van der Waals surface area contributed by atoms with Gasteiger partial charge in [-0.25, -0.2) is 0 Å². The fourth-order valence-corrected chi connectivity index (χ4v) is 2.39. The average Bonchev–Trinajstić information content (AvgIpc) is 2.31. The van der Waals surface area contributed by atoms with E-state index in [0.717, 1.165) is 27.8 Å². The Morgan fingerprint density at radius 3 is 1.45 bits per heavy atom. The first-order valence-corrected chi connectivity index (χ1v) is 6.07. The second-order valence-corrected chi connectivity index (χ2v) is 5.05. The van der Waals surface area contributed by atoms with E-state index >= 15 is 0 Å². The van der Waals surface area contributed by atoms with Crippen molar-refractivity contribution in [3.63, 3.8) is 0 Å². The van der Waals surface area contributed by atoms with Crippen LogP contribution in [0, 0.1) is 34.6 Å². The topological polar surface area (TPSA) is 46.2 Å². The van der Waals surface area contributed by atoms with E-state index in [1.165, 1.54) is 0 Å². The summed E-state index contributed by atoms with van der Waals surface area (Å²) in [6.07, 6.45) is -7.27. The maximum Gasteiger partial charge on any atom is 0.416 e. The van der Waals surface area contributed by atoms with Crippen LogP contribution in [0.25, 0.3) is 0 Å². The van der Waals surface area contributed by atoms with Gasteiger partial charge < -0.3 is 10.8 Å². The van der Waals surface area contributed by atoms with Crippen LogP contribution in [-0.4, -0.2) is 17.4 Å². The highest BCUT2D eigenvalue weighted by atomic mass is 35.5. The first-order chi connectivity index (χ1) is 8.50. The van der Waals surface area contributed by atoms with Crippen molar-refractivity contribution in [2.24, 2.45) is 5.73 Å². The quantitative estimate of drug-likeness (QED) is 0.877. The van der Waals surface area contributed by atoms with Crippen molar-refractivity contribution in [1.82, 2.24) is 0 Å². The first kappa shape index (κ1) is 19.2. The van der Waals surface area contributed by atoms with Crippen molar-refractivity contribution >= 4 is 12.4 Å². The van der Waals surface area contributed by atoms with Crippen molar-refractivity contribution in [3.05, 3.63) is 33.4 Å². The number of halogens is 4. The van der Waals surface area contributed by atoms with E-state index < -0.39 is 18.3 Å². The summed E-state index contributed by atoms with van der Waals surface area (Å²) in [5.41, 5.74) is 10.4. The van der Waals surface area contributed by atoms with Crippen LogP contribution in [0.15, 0.2) is 0 Å². The molecule has 0 spiro atoms. The van der Waals surface area contributed by atoms with Crippen LogP contribution >= 0.6 is 12.4 Å². The number of hydrogen-bond donors (Lipinski definition) is 2. The molecule has 0 saturated heterocycles. The molecule has 2 nitrogen and oxygen atoms in total. The van der Waals surface area contributed by atoms with E-state index in [0.29, 0.717) is 5.56 Å². The summed E-state index contributed by atoms with van der Waals surface area (Å²) in [4.78, 5) is 0. The minimum Gasteiger partial charge on any atom is -0.382 e. The van der Waals surface area contributed by atoms with Gasteiger partial charge in [-0.3, -0.25) is 0 Å². The van der Waals surface area contributed by atoms with E-state index in [1.807, 2.05) is 20.8 Å². The molecule has 0 aliphatic heterocycles. The zero-order chi connectivity index (χ0) is 15.1. The summed E-state index contributed by atoms with van der Waals surface area (Å²) in [6.45, 7) is 9.13. The largest absolute Gasteiger partial charge is 0.416 e. The molecule has 0 aromatic heterocycles. The van der Waals surface area contributed by atoms with E-state index in [1.54, 1.807) is 13.8 Å². The Morgan fingerprint density at radius 2 is 1.15 bits per heavy atom.